The molecule has 20 heavy (non-hydrogen) atoms. The van der Waals surface area contributed by atoms with E-state index in [2.05, 4.69) is 6.92 Å². The Morgan fingerprint density at radius 3 is 2.45 bits per heavy atom. The Labute approximate surface area is 122 Å². The Bertz CT molecular complexity index is 329. The predicted octanol–water partition coefficient (Wildman–Crippen LogP) is 2.91. The third-order valence-electron chi connectivity index (χ3n) is 2.97. The number of hydrogen-bond acceptors (Lipinski definition) is 4. The minimum Gasteiger partial charge on any atom is -0.491 e. The van der Waals surface area contributed by atoms with Crippen molar-refractivity contribution in [2.45, 2.75) is 32.5 Å². The maximum Gasteiger partial charge on any atom is 0.119 e. The van der Waals surface area contributed by atoms with Crippen LogP contribution in [0.15, 0.2) is 30.3 Å². The zero-order valence-electron chi connectivity index (χ0n) is 12.7. The molecule has 1 rings (SSSR count). The summed E-state index contributed by atoms with van der Waals surface area (Å²) in [5.74, 6) is 0.875. The average Bonchev–Trinajstić information content (AvgIpc) is 2.50. The second kappa shape index (κ2) is 10.7. The molecule has 0 saturated carbocycles. The average molecular weight is 282 g/mol. The monoisotopic (exact) mass is 282 g/mol. The lowest BCUT2D eigenvalue weighted by Gasteiger charge is -2.17. The number of benzene rings is 1. The summed E-state index contributed by atoms with van der Waals surface area (Å²) in [4.78, 5) is 0. The van der Waals surface area contributed by atoms with Crippen LogP contribution in [0, 0.1) is 0 Å². The molecular formula is C16H26O4. The van der Waals surface area contributed by atoms with Crippen molar-refractivity contribution in [2.24, 2.45) is 0 Å². The van der Waals surface area contributed by atoms with Gasteiger partial charge in [-0.3, -0.25) is 0 Å². The van der Waals surface area contributed by atoms with E-state index in [0.29, 0.717) is 26.4 Å². The third-order valence-corrected chi connectivity index (χ3v) is 2.97. The predicted molar refractivity (Wildman–Crippen MR) is 79.3 cm³/mol. The fraction of sp³-hybridized carbons (Fsp3) is 0.625. The first-order chi connectivity index (χ1) is 9.76. The molecule has 0 amide bonds. The maximum atomic E-state index is 5.74. The molecule has 0 aromatic heterocycles. The summed E-state index contributed by atoms with van der Waals surface area (Å²) in [5.41, 5.74) is 0. The zero-order chi connectivity index (χ0) is 14.6. The van der Waals surface area contributed by atoms with Crippen molar-refractivity contribution >= 4 is 0 Å². The molecule has 0 N–H and O–H groups in total. The van der Waals surface area contributed by atoms with Crippen LogP contribution in [0.2, 0.25) is 0 Å². The molecule has 0 saturated heterocycles. The van der Waals surface area contributed by atoms with Crippen molar-refractivity contribution in [2.75, 3.05) is 33.5 Å². The molecule has 0 spiro atoms. The van der Waals surface area contributed by atoms with Crippen LogP contribution in [0.5, 0.6) is 5.75 Å². The summed E-state index contributed by atoms with van der Waals surface area (Å²) >= 11 is 0. The van der Waals surface area contributed by atoms with Crippen molar-refractivity contribution in [3.63, 3.8) is 0 Å². The molecular weight excluding hydrogens is 256 g/mol. The lowest BCUT2D eigenvalue weighted by molar-refractivity contribution is -0.0358. The second-order valence-electron chi connectivity index (χ2n) is 4.65. The van der Waals surface area contributed by atoms with Crippen molar-refractivity contribution in [3.05, 3.63) is 30.3 Å². The Hall–Kier alpha value is -1.10. The first kappa shape index (κ1) is 17.0. The molecule has 1 aromatic rings. The standard InChI is InChI=1S/C16H26O4/c1-4-15(13-20-16-8-6-5-7-9-16)19-11-10-18-12-14(2)17-3/h5-9,14-15H,4,10-13H2,1-3H3. The van der Waals surface area contributed by atoms with E-state index in [1.165, 1.54) is 0 Å². The highest BCUT2D eigenvalue weighted by Gasteiger charge is 2.08. The van der Waals surface area contributed by atoms with Gasteiger partial charge in [0.2, 0.25) is 0 Å². The molecule has 4 heteroatoms. The minimum atomic E-state index is 0.0960. The molecule has 0 heterocycles. The van der Waals surface area contributed by atoms with E-state index in [0.717, 1.165) is 12.2 Å². The van der Waals surface area contributed by atoms with Crippen molar-refractivity contribution < 1.29 is 18.9 Å². The topological polar surface area (TPSA) is 36.9 Å². The molecule has 0 aliphatic rings. The van der Waals surface area contributed by atoms with E-state index in [9.17, 15) is 0 Å². The summed E-state index contributed by atoms with van der Waals surface area (Å²) < 4.78 is 22.0. The first-order valence-corrected chi connectivity index (χ1v) is 7.16. The van der Waals surface area contributed by atoms with Gasteiger partial charge in [-0.1, -0.05) is 25.1 Å². The Kier molecular flexibility index (Phi) is 9.04. The van der Waals surface area contributed by atoms with Gasteiger partial charge in [-0.15, -0.1) is 0 Å². The summed E-state index contributed by atoms with van der Waals surface area (Å²) in [7, 11) is 1.68. The zero-order valence-corrected chi connectivity index (χ0v) is 12.7. The van der Waals surface area contributed by atoms with E-state index < -0.39 is 0 Å². The fourth-order valence-electron chi connectivity index (χ4n) is 1.58. The minimum absolute atomic E-state index is 0.0960. The fourth-order valence-corrected chi connectivity index (χ4v) is 1.58. The van der Waals surface area contributed by atoms with Crippen molar-refractivity contribution in [1.29, 1.82) is 0 Å². The van der Waals surface area contributed by atoms with Crippen LogP contribution in [0.4, 0.5) is 0 Å². The van der Waals surface area contributed by atoms with Gasteiger partial charge in [-0.25, -0.2) is 0 Å². The van der Waals surface area contributed by atoms with Gasteiger partial charge in [0.1, 0.15) is 12.4 Å². The number of para-hydroxylation sites is 1. The molecule has 0 radical (unpaired) electrons. The number of hydrogen-bond donors (Lipinski definition) is 0. The van der Waals surface area contributed by atoms with E-state index in [4.69, 9.17) is 18.9 Å². The van der Waals surface area contributed by atoms with Gasteiger partial charge >= 0.3 is 0 Å². The molecule has 1 aromatic carbocycles. The lowest BCUT2D eigenvalue weighted by Crippen LogP contribution is -2.24. The molecule has 2 unspecified atom stereocenters. The van der Waals surface area contributed by atoms with E-state index in [-0.39, 0.29) is 12.2 Å². The van der Waals surface area contributed by atoms with Crippen LogP contribution >= 0.6 is 0 Å². The molecule has 0 aliphatic heterocycles. The SMILES string of the molecule is CCC(COc1ccccc1)OCCOCC(C)OC. The van der Waals surface area contributed by atoms with Gasteiger partial charge in [-0.2, -0.15) is 0 Å². The van der Waals surface area contributed by atoms with Crippen molar-refractivity contribution in [1.82, 2.24) is 0 Å². The largest absolute Gasteiger partial charge is 0.491 e. The highest BCUT2D eigenvalue weighted by Crippen LogP contribution is 2.10. The van der Waals surface area contributed by atoms with Gasteiger partial charge in [0.15, 0.2) is 0 Å². The number of methoxy groups -OCH3 is 1. The highest BCUT2D eigenvalue weighted by molar-refractivity contribution is 5.20. The second-order valence-corrected chi connectivity index (χ2v) is 4.65. The molecule has 0 aliphatic carbocycles. The van der Waals surface area contributed by atoms with Crippen LogP contribution in [0.25, 0.3) is 0 Å². The van der Waals surface area contributed by atoms with Crippen LogP contribution in [0.3, 0.4) is 0 Å². The van der Waals surface area contributed by atoms with Crippen molar-refractivity contribution in [3.8, 4) is 5.75 Å². The lowest BCUT2D eigenvalue weighted by atomic mass is 10.3. The highest BCUT2D eigenvalue weighted by atomic mass is 16.6. The molecule has 2 atom stereocenters. The molecule has 114 valence electrons. The summed E-state index contributed by atoms with van der Waals surface area (Å²) in [6, 6.07) is 9.78. The van der Waals surface area contributed by atoms with Gasteiger partial charge in [0, 0.05) is 7.11 Å². The number of rotatable bonds is 11. The van der Waals surface area contributed by atoms with Crippen LogP contribution in [-0.2, 0) is 14.2 Å². The third kappa shape index (κ3) is 7.48. The Morgan fingerprint density at radius 1 is 1.05 bits per heavy atom. The van der Waals surface area contributed by atoms with Gasteiger partial charge in [0.05, 0.1) is 32.0 Å². The number of ether oxygens (including phenoxy) is 4. The smallest absolute Gasteiger partial charge is 0.119 e. The maximum absolute atomic E-state index is 5.74. The Morgan fingerprint density at radius 2 is 1.80 bits per heavy atom. The van der Waals surface area contributed by atoms with Crippen LogP contribution in [0.1, 0.15) is 20.3 Å². The quantitative estimate of drug-likeness (QED) is 0.585. The normalized spacial score (nSPS) is 13.9. The molecule has 0 fully saturated rings. The summed E-state index contributed by atoms with van der Waals surface area (Å²) in [6.07, 6.45) is 1.14. The molecule has 4 nitrogen and oxygen atoms in total. The van der Waals surface area contributed by atoms with Crippen LogP contribution in [-0.4, -0.2) is 45.7 Å². The first-order valence-electron chi connectivity index (χ1n) is 7.16. The van der Waals surface area contributed by atoms with Gasteiger partial charge in [0.25, 0.3) is 0 Å². The van der Waals surface area contributed by atoms with Crippen LogP contribution < -0.4 is 4.74 Å². The molecule has 0 bridgehead atoms. The summed E-state index contributed by atoms with van der Waals surface area (Å²) in [6.45, 7) is 6.38. The van der Waals surface area contributed by atoms with Gasteiger partial charge < -0.3 is 18.9 Å². The van der Waals surface area contributed by atoms with E-state index in [1.807, 2.05) is 37.3 Å². The van der Waals surface area contributed by atoms with Gasteiger partial charge in [-0.05, 0) is 25.5 Å². The van der Waals surface area contributed by atoms with E-state index >= 15 is 0 Å². The van der Waals surface area contributed by atoms with E-state index in [1.54, 1.807) is 7.11 Å². The summed E-state index contributed by atoms with van der Waals surface area (Å²) in [5, 5.41) is 0. The Balaban J connectivity index is 2.10.